The molecule has 0 fully saturated rings. The lowest BCUT2D eigenvalue weighted by atomic mass is 10.2. The SMILES string of the molecule is O=C(COc1ccccc1Cl)Nc1cccc(-n2cc[nH]c2=S)c1. The highest BCUT2D eigenvalue weighted by atomic mass is 35.5. The highest BCUT2D eigenvalue weighted by Crippen LogP contribution is 2.23. The van der Waals surface area contributed by atoms with Crippen molar-refractivity contribution in [2.75, 3.05) is 11.9 Å². The number of halogens is 1. The Labute approximate surface area is 148 Å². The Morgan fingerprint density at radius 1 is 1.25 bits per heavy atom. The first kappa shape index (κ1) is 16.3. The number of amides is 1. The average Bonchev–Trinajstić information content (AvgIpc) is 3.00. The molecule has 1 amide bonds. The lowest BCUT2D eigenvalue weighted by molar-refractivity contribution is -0.118. The minimum atomic E-state index is -0.273. The van der Waals surface area contributed by atoms with Crippen molar-refractivity contribution in [3.05, 3.63) is 70.7 Å². The molecule has 0 saturated carbocycles. The zero-order valence-electron chi connectivity index (χ0n) is 12.5. The molecule has 3 aromatic rings. The predicted molar refractivity (Wildman–Crippen MR) is 96.5 cm³/mol. The second-order valence-corrected chi connectivity index (χ2v) is 5.75. The number of nitrogens with zero attached hydrogens (tertiary/aromatic N) is 1. The number of aromatic nitrogens is 2. The minimum absolute atomic E-state index is 0.127. The first-order valence-corrected chi connectivity index (χ1v) is 7.96. The van der Waals surface area contributed by atoms with Gasteiger partial charge in [-0.3, -0.25) is 9.36 Å². The largest absolute Gasteiger partial charge is 0.482 e. The van der Waals surface area contributed by atoms with Gasteiger partial charge in [0.1, 0.15) is 5.75 Å². The van der Waals surface area contributed by atoms with E-state index in [-0.39, 0.29) is 12.5 Å². The summed E-state index contributed by atoms with van der Waals surface area (Å²) in [6, 6.07) is 14.4. The van der Waals surface area contributed by atoms with E-state index in [2.05, 4.69) is 10.3 Å². The molecule has 0 bridgehead atoms. The molecule has 1 aromatic heterocycles. The maximum absolute atomic E-state index is 12.0. The van der Waals surface area contributed by atoms with Crippen molar-refractivity contribution in [3.8, 4) is 11.4 Å². The number of ether oxygens (including phenoxy) is 1. The number of carbonyl (C=O) groups is 1. The van der Waals surface area contributed by atoms with Crippen molar-refractivity contribution >= 4 is 35.4 Å². The van der Waals surface area contributed by atoms with Crippen LogP contribution in [0.1, 0.15) is 0 Å². The summed E-state index contributed by atoms with van der Waals surface area (Å²) in [6.07, 6.45) is 3.58. The Bertz CT molecular complexity index is 920. The van der Waals surface area contributed by atoms with Crippen molar-refractivity contribution in [2.45, 2.75) is 0 Å². The highest BCUT2D eigenvalue weighted by Gasteiger charge is 2.07. The van der Waals surface area contributed by atoms with Crippen LogP contribution < -0.4 is 10.1 Å². The summed E-state index contributed by atoms with van der Waals surface area (Å²) in [4.78, 5) is 15.0. The third kappa shape index (κ3) is 3.84. The molecule has 0 saturated heterocycles. The highest BCUT2D eigenvalue weighted by molar-refractivity contribution is 7.71. The molecule has 0 atom stereocenters. The monoisotopic (exact) mass is 359 g/mol. The summed E-state index contributed by atoms with van der Waals surface area (Å²) in [5.74, 6) is 0.200. The fourth-order valence-electron chi connectivity index (χ4n) is 2.16. The van der Waals surface area contributed by atoms with Gasteiger partial charge >= 0.3 is 0 Å². The normalized spacial score (nSPS) is 10.4. The molecule has 7 heteroatoms. The molecule has 2 aromatic carbocycles. The number of benzene rings is 2. The van der Waals surface area contributed by atoms with Gasteiger partial charge in [0.2, 0.25) is 0 Å². The van der Waals surface area contributed by atoms with Gasteiger partial charge in [0.15, 0.2) is 11.4 Å². The van der Waals surface area contributed by atoms with E-state index in [0.29, 0.717) is 21.2 Å². The van der Waals surface area contributed by atoms with Gasteiger partial charge < -0.3 is 15.0 Å². The van der Waals surface area contributed by atoms with Crippen molar-refractivity contribution in [2.24, 2.45) is 0 Å². The molecule has 0 unspecified atom stereocenters. The second kappa shape index (κ2) is 7.33. The molecule has 122 valence electrons. The van der Waals surface area contributed by atoms with Gasteiger partial charge in [0, 0.05) is 23.8 Å². The number of aromatic amines is 1. The lowest BCUT2D eigenvalue weighted by Crippen LogP contribution is -2.20. The standard InChI is InChI=1S/C17H14ClN3O2S/c18-14-6-1-2-7-15(14)23-11-16(22)20-12-4-3-5-13(10-12)21-9-8-19-17(21)24/h1-10H,11H2,(H,19,24)(H,20,22). The second-order valence-electron chi connectivity index (χ2n) is 4.95. The molecule has 2 N–H and O–H groups in total. The van der Waals surface area contributed by atoms with E-state index >= 15 is 0 Å². The van der Waals surface area contributed by atoms with E-state index in [4.69, 9.17) is 28.6 Å². The summed E-state index contributed by atoms with van der Waals surface area (Å²) >= 11 is 11.2. The first-order valence-electron chi connectivity index (χ1n) is 7.17. The number of anilines is 1. The van der Waals surface area contributed by atoms with Crippen molar-refractivity contribution in [3.63, 3.8) is 0 Å². The Hall–Kier alpha value is -2.57. The predicted octanol–water partition coefficient (Wildman–Crippen LogP) is 4.21. The minimum Gasteiger partial charge on any atom is -0.482 e. The zero-order valence-corrected chi connectivity index (χ0v) is 14.1. The number of hydrogen-bond acceptors (Lipinski definition) is 3. The van der Waals surface area contributed by atoms with Gasteiger partial charge in [-0.05, 0) is 42.5 Å². The fourth-order valence-corrected chi connectivity index (χ4v) is 2.58. The fraction of sp³-hybridized carbons (Fsp3) is 0.0588. The van der Waals surface area contributed by atoms with Crippen LogP contribution in [0, 0.1) is 4.77 Å². The van der Waals surface area contributed by atoms with E-state index in [1.165, 1.54) is 0 Å². The average molecular weight is 360 g/mol. The molecule has 0 radical (unpaired) electrons. The number of nitrogens with one attached hydrogen (secondary N) is 2. The molecular formula is C17H14ClN3O2S. The van der Waals surface area contributed by atoms with E-state index in [1.54, 1.807) is 36.5 Å². The number of hydrogen-bond donors (Lipinski definition) is 2. The van der Waals surface area contributed by atoms with Crippen molar-refractivity contribution in [1.82, 2.24) is 9.55 Å². The van der Waals surface area contributed by atoms with Crippen LogP contribution in [-0.4, -0.2) is 22.1 Å². The van der Waals surface area contributed by atoms with Crippen LogP contribution in [0.25, 0.3) is 5.69 Å². The van der Waals surface area contributed by atoms with Crippen molar-refractivity contribution in [1.29, 1.82) is 0 Å². The molecule has 1 heterocycles. The summed E-state index contributed by atoms with van der Waals surface area (Å²) < 4.78 is 7.82. The quantitative estimate of drug-likeness (QED) is 0.671. The van der Waals surface area contributed by atoms with Gasteiger partial charge in [-0.25, -0.2) is 0 Å². The summed E-state index contributed by atoms with van der Waals surface area (Å²) in [5.41, 5.74) is 1.51. The first-order chi connectivity index (χ1) is 11.6. The number of para-hydroxylation sites is 1. The summed E-state index contributed by atoms with van der Waals surface area (Å²) in [5, 5.41) is 3.26. The molecule has 5 nitrogen and oxygen atoms in total. The number of carbonyl (C=O) groups excluding carboxylic acids is 1. The Morgan fingerprint density at radius 3 is 2.83 bits per heavy atom. The molecule has 0 aliphatic heterocycles. The molecule has 0 aliphatic rings. The number of rotatable bonds is 5. The Kier molecular flexibility index (Phi) is 4.98. The number of H-pyrrole nitrogens is 1. The third-order valence-corrected chi connectivity index (χ3v) is 3.88. The summed E-state index contributed by atoms with van der Waals surface area (Å²) in [6.45, 7) is -0.127. The van der Waals surface area contributed by atoms with E-state index in [0.717, 1.165) is 5.69 Å². The van der Waals surface area contributed by atoms with Gasteiger partial charge in [0.25, 0.3) is 5.91 Å². The maximum atomic E-state index is 12.0. The Balaban J connectivity index is 1.66. The van der Waals surface area contributed by atoms with Gasteiger partial charge in [-0.1, -0.05) is 29.8 Å². The van der Waals surface area contributed by atoms with Crippen LogP contribution in [0.5, 0.6) is 5.75 Å². The number of imidazole rings is 1. The molecular weight excluding hydrogens is 346 g/mol. The van der Waals surface area contributed by atoms with Crippen LogP contribution in [0.2, 0.25) is 5.02 Å². The summed E-state index contributed by atoms with van der Waals surface area (Å²) in [7, 11) is 0. The smallest absolute Gasteiger partial charge is 0.262 e. The molecule has 0 aliphatic carbocycles. The Morgan fingerprint density at radius 2 is 2.08 bits per heavy atom. The topological polar surface area (TPSA) is 59.0 Å². The van der Waals surface area contributed by atoms with Crippen LogP contribution in [0.3, 0.4) is 0 Å². The van der Waals surface area contributed by atoms with Crippen LogP contribution in [0.15, 0.2) is 60.9 Å². The van der Waals surface area contributed by atoms with E-state index in [1.807, 2.05) is 29.0 Å². The van der Waals surface area contributed by atoms with Crippen LogP contribution in [0.4, 0.5) is 5.69 Å². The molecule has 0 spiro atoms. The van der Waals surface area contributed by atoms with E-state index < -0.39 is 0 Å². The van der Waals surface area contributed by atoms with Gasteiger partial charge in [0.05, 0.1) is 5.02 Å². The van der Waals surface area contributed by atoms with E-state index in [9.17, 15) is 4.79 Å². The molecule has 3 rings (SSSR count). The van der Waals surface area contributed by atoms with Gasteiger partial charge in [-0.2, -0.15) is 0 Å². The third-order valence-electron chi connectivity index (χ3n) is 3.25. The zero-order chi connectivity index (χ0) is 16.9. The van der Waals surface area contributed by atoms with Crippen LogP contribution >= 0.6 is 23.8 Å². The molecule has 24 heavy (non-hydrogen) atoms. The maximum Gasteiger partial charge on any atom is 0.262 e. The lowest BCUT2D eigenvalue weighted by Gasteiger charge is -2.10. The van der Waals surface area contributed by atoms with Gasteiger partial charge in [-0.15, -0.1) is 0 Å². The van der Waals surface area contributed by atoms with Crippen molar-refractivity contribution < 1.29 is 9.53 Å². The van der Waals surface area contributed by atoms with Crippen LogP contribution in [-0.2, 0) is 4.79 Å².